The zero-order valence-electron chi connectivity index (χ0n) is 17.0. The van der Waals surface area contributed by atoms with Crippen molar-refractivity contribution in [2.75, 3.05) is 6.73 Å². The molecule has 29 heavy (non-hydrogen) atoms. The number of halogens is 1. The van der Waals surface area contributed by atoms with E-state index >= 15 is 0 Å². The van der Waals surface area contributed by atoms with Crippen molar-refractivity contribution in [1.29, 1.82) is 0 Å². The summed E-state index contributed by atoms with van der Waals surface area (Å²) in [5.41, 5.74) is 8.66. The topological polar surface area (TPSA) is 76.4 Å². The Morgan fingerprint density at radius 1 is 1.07 bits per heavy atom. The van der Waals surface area contributed by atoms with Crippen molar-refractivity contribution >= 4 is 23.3 Å². The fourth-order valence-electron chi connectivity index (χ4n) is 2.69. The summed E-state index contributed by atoms with van der Waals surface area (Å²) in [6, 6.07) is 13.1. The van der Waals surface area contributed by atoms with Gasteiger partial charge in [0.2, 0.25) is 0 Å². The summed E-state index contributed by atoms with van der Waals surface area (Å²) in [6.07, 6.45) is -0.148. The van der Waals surface area contributed by atoms with E-state index in [0.29, 0.717) is 18.2 Å². The van der Waals surface area contributed by atoms with Gasteiger partial charge in [0.15, 0.2) is 5.11 Å². The van der Waals surface area contributed by atoms with E-state index in [4.69, 9.17) is 18.0 Å². The minimum Gasteiger partial charge on any atom is -0.450 e. The van der Waals surface area contributed by atoms with Crippen LogP contribution in [-0.2, 0) is 34.5 Å². The molecule has 2 aromatic carbocycles. The van der Waals surface area contributed by atoms with Gasteiger partial charge in [-0.15, -0.1) is 0 Å². The van der Waals surface area contributed by atoms with Crippen LogP contribution >= 0.6 is 12.2 Å². The van der Waals surface area contributed by atoms with Crippen LogP contribution in [0.4, 0.5) is 4.39 Å². The lowest BCUT2D eigenvalue weighted by Crippen LogP contribution is -2.34. The van der Waals surface area contributed by atoms with E-state index in [2.05, 4.69) is 60.4 Å². The van der Waals surface area contributed by atoms with Crippen LogP contribution in [0.25, 0.3) is 0 Å². The number of ether oxygens (including phenoxy) is 1. The second kappa shape index (κ2) is 10.3. The number of carbonyl (C=O) groups is 1. The third kappa shape index (κ3) is 7.44. The maximum Gasteiger partial charge on any atom is 0.311 e. The number of hydrogen-bond acceptors (Lipinski definition) is 4. The molecule has 0 aromatic heterocycles. The fraction of sp³-hybridized carbons (Fsp3) is 0.364. The van der Waals surface area contributed by atoms with Crippen molar-refractivity contribution in [3.05, 3.63) is 70.5 Å². The minimum atomic E-state index is -0.557. The molecule has 0 heterocycles. The maximum atomic E-state index is 14.1. The number of rotatable bonds is 7. The second-order valence-corrected chi connectivity index (χ2v) is 8.18. The van der Waals surface area contributed by atoms with Gasteiger partial charge in [-0.25, -0.2) is 4.39 Å². The molecule has 0 aliphatic heterocycles. The highest BCUT2D eigenvalue weighted by Crippen LogP contribution is 2.22. The van der Waals surface area contributed by atoms with Crippen molar-refractivity contribution in [1.82, 2.24) is 10.6 Å². The first-order chi connectivity index (χ1) is 13.7. The van der Waals surface area contributed by atoms with E-state index in [-0.39, 0.29) is 24.1 Å². The maximum absolute atomic E-state index is 14.1. The zero-order valence-corrected chi connectivity index (χ0v) is 17.9. The largest absolute Gasteiger partial charge is 0.450 e. The molecule has 2 rings (SSSR count). The summed E-state index contributed by atoms with van der Waals surface area (Å²) < 4.78 is 18.8. The first-order valence-electron chi connectivity index (χ1n) is 9.43. The van der Waals surface area contributed by atoms with Gasteiger partial charge in [-0.3, -0.25) is 10.5 Å². The predicted molar refractivity (Wildman–Crippen MR) is 117 cm³/mol. The number of thiocarbonyl (C=S) groups is 1. The third-order valence-corrected chi connectivity index (χ3v) is 4.71. The number of esters is 1. The zero-order chi connectivity index (χ0) is 21.4. The van der Waals surface area contributed by atoms with E-state index in [0.717, 1.165) is 11.1 Å². The van der Waals surface area contributed by atoms with Crippen molar-refractivity contribution in [3.8, 4) is 0 Å². The SMILES string of the molecule is CC(C)(C)c1ccc(CNC(=S)NCc2ccc(CC(=O)OCN)c(F)c2)cc1. The third-order valence-electron chi connectivity index (χ3n) is 4.42. The van der Waals surface area contributed by atoms with Gasteiger partial charge in [-0.05, 0) is 46.0 Å². The van der Waals surface area contributed by atoms with Gasteiger partial charge in [0, 0.05) is 13.1 Å². The van der Waals surface area contributed by atoms with E-state index in [1.165, 1.54) is 11.6 Å². The predicted octanol–water partition coefficient (Wildman–Crippen LogP) is 3.29. The van der Waals surface area contributed by atoms with E-state index in [1.807, 2.05) is 0 Å². The summed E-state index contributed by atoms with van der Waals surface area (Å²) in [7, 11) is 0. The first-order valence-corrected chi connectivity index (χ1v) is 9.84. The average molecular weight is 418 g/mol. The minimum absolute atomic E-state index is 0.123. The summed E-state index contributed by atoms with van der Waals surface area (Å²) in [4.78, 5) is 11.4. The lowest BCUT2D eigenvalue weighted by atomic mass is 9.87. The van der Waals surface area contributed by atoms with Gasteiger partial charge in [-0.2, -0.15) is 0 Å². The number of nitrogens with two attached hydrogens (primary N) is 1. The molecule has 0 aliphatic rings. The molecule has 156 valence electrons. The molecule has 5 nitrogen and oxygen atoms in total. The Morgan fingerprint density at radius 2 is 1.66 bits per heavy atom. The van der Waals surface area contributed by atoms with Crippen molar-refractivity contribution in [2.45, 2.75) is 45.7 Å². The molecule has 4 N–H and O–H groups in total. The number of carbonyl (C=O) groups excluding carboxylic acids is 1. The Labute approximate surface area is 176 Å². The lowest BCUT2D eigenvalue weighted by molar-refractivity contribution is -0.142. The van der Waals surface area contributed by atoms with Gasteiger partial charge >= 0.3 is 5.97 Å². The van der Waals surface area contributed by atoms with Crippen molar-refractivity contribution in [3.63, 3.8) is 0 Å². The van der Waals surface area contributed by atoms with Gasteiger partial charge in [-0.1, -0.05) is 57.2 Å². The molecule has 0 saturated carbocycles. The Bertz CT molecular complexity index is 848. The van der Waals surface area contributed by atoms with Gasteiger partial charge < -0.3 is 15.4 Å². The molecule has 0 saturated heterocycles. The highest BCUT2D eigenvalue weighted by atomic mass is 32.1. The molecular weight excluding hydrogens is 389 g/mol. The normalized spacial score (nSPS) is 11.1. The van der Waals surface area contributed by atoms with Crippen LogP contribution in [0.15, 0.2) is 42.5 Å². The monoisotopic (exact) mass is 417 g/mol. The molecule has 0 atom stereocenters. The van der Waals surface area contributed by atoms with Gasteiger partial charge in [0.1, 0.15) is 12.5 Å². The molecule has 2 aromatic rings. The first kappa shape index (κ1) is 22.8. The second-order valence-electron chi connectivity index (χ2n) is 7.77. The molecule has 0 radical (unpaired) electrons. The van der Waals surface area contributed by atoms with Crippen LogP contribution in [0.3, 0.4) is 0 Å². The number of hydrogen-bond donors (Lipinski definition) is 3. The molecule has 0 aliphatic carbocycles. The number of nitrogens with one attached hydrogen (secondary N) is 2. The molecule has 0 amide bonds. The van der Waals surface area contributed by atoms with Crippen LogP contribution in [-0.4, -0.2) is 17.8 Å². The molecule has 0 unspecified atom stereocenters. The van der Waals surface area contributed by atoms with Gasteiger partial charge in [0.05, 0.1) is 6.42 Å². The molecule has 7 heteroatoms. The standard InChI is InChI=1S/C22H28FN3O2S/c1-22(2,3)18-8-5-15(6-9-18)12-25-21(29)26-13-16-4-7-17(19(23)10-16)11-20(27)28-14-24/h4-10H,11-14,24H2,1-3H3,(H2,25,26,29). The van der Waals surface area contributed by atoms with E-state index < -0.39 is 11.8 Å². The smallest absolute Gasteiger partial charge is 0.311 e. The average Bonchev–Trinajstić information content (AvgIpc) is 2.66. The fourth-order valence-corrected chi connectivity index (χ4v) is 2.84. The summed E-state index contributed by atoms with van der Waals surface area (Å²) in [5, 5.41) is 6.69. The summed E-state index contributed by atoms with van der Waals surface area (Å²) in [6.45, 7) is 7.31. The Balaban J connectivity index is 1.81. The Morgan fingerprint density at radius 3 is 2.21 bits per heavy atom. The van der Waals surface area contributed by atoms with Crippen molar-refractivity contribution < 1.29 is 13.9 Å². The van der Waals surface area contributed by atoms with Crippen LogP contribution in [0, 0.1) is 5.82 Å². The van der Waals surface area contributed by atoms with Crippen LogP contribution in [0.5, 0.6) is 0 Å². The molecular formula is C22H28FN3O2S. The van der Waals surface area contributed by atoms with Crippen molar-refractivity contribution in [2.24, 2.45) is 5.73 Å². The molecule has 0 spiro atoms. The van der Waals surface area contributed by atoms with Gasteiger partial charge in [0.25, 0.3) is 0 Å². The highest BCUT2D eigenvalue weighted by molar-refractivity contribution is 7.80. The number of benzene rings is 2. The highest BCUT2D eigenvalue weighted by Gasteiger charge is 2.13. The quantitative estimate of drug-likeness (QED) is 0.365. The van der Waals surface area contributed by atoms with E-state index in [1.54, 1.807) is 12.1 Å². The van der Waals surface area contributed by atoms with Crippen LogP contribution in [0.1, 0.15) is 43.0 Å². The summed E-state index contributed by atoms with van der Waals surface area (Å²) in [5.74, 6) is -1.02. The molecule has 0 fully saturated rings. The van der Waals surface area contributed by atoms with E-state index in [9.17, 15) is 9.18 Å². The Hall–Kier alpha value is -2.51. The Kier molecular flexibility index (Phi) is 8.10. The lowest BCUT2D eigenvalue weighted by Gasteiger charge is -2.19. The molecule has 0 bridgehead atoms. The van der Waals surface area contributed by atoms with Crippen LogP contribution < -0.4 is 16.4 Å². The van der Waals surface area contributed by atoms with Crippen LogP contribution in [0.2, 0.25) is 0 Å². The summed E-state index contributed by atoms with van der Waals surface area (Å²) >= 11 is 5.29.